The molecule has 5 heterocycles. The fourth-order valence-electron chi connectivity index (χ4n) is 3.94. The molecule has 4 aromatic rings. The van der Waals surface area contributed by atoms with Crippen molar-refractivity contribution in [1.82, 2.24) is 24.6 Å². The Bertz CT molecular complexity index is 1340. The van der Waals surface area contributed by atoms with Gasteiger partial charge in [0.05, 0.1) is 34.5 Å². The Balaban J connectivity index is 1.35. The Hall–Kier alpha value is -4.50. The van der Waals surface area contributed by atoms with Gasteiger partial charge in [-0.05, 0) is 43.2 Å². The van der Waals surface area contributed by atoms with Gasteiger partial charge in [0.25, 0.3) is 0 Å². The minimum Gasteiger partial charge on any atom is -0.365 e. The summed E-state index contributed by atoms with van der Waals surface area (Å²) < 4.78 is 1.71. The Kier molecular flexibility index (Phi) is 5.06. The zero-order valence-electron chi connectivity index (χ0n) is 17.2. The van der Waals surface area contributed by atoms with E-state index < -0.39 is 0 Å². The smallest absolute Gasteiger partial charge is 0.165 e. The molecule has 0 radical (unpaired) electrons. The fraction of sp³-hybridized carbons (Fsp3) is 0.217. The van der Waals surface area contributed by atoms with E-state index in [-0.39, 0.29) is 6.04 Å². The molecule has 0 unspecified atom stereocenters. The Morgan fingerprint density at radius 3 is 2.75 bits per heavy atom. The molecule has 0 saturated carbocycles. The second-order valence-electron chi connectivity index (χ2n) is 7.63. The molecule has 1 aliphatic heterocycles. The number of nitrogens with one attached hydrogen (secondary N) is 1. The summed E-state index contributed by atoms with van der Waals surface area (Å²) in [6.45, 7) is 1.72. The Labute approximate surface area is 184 Å². The molecule has 0 aromatic carbocycles. The average Bonchev–Trinajstić information content (AvgIpc) is 3.28. The van der Waals surface area contributed by atoms with Gasteiger partial charge in [0.15, 0.2) is 5.82 Å². The Morgan fingerprint density at radius 2 is 1.94 bits per heavy atom. The molecule has 1 N–H and O–H groups in total. The summed E-state index contributed by atoms with van der Waals surface area (Å²) in [5.41, 5.74) is 2.69. The highest BCUT2D eigenvalue weighted by atomic mass is 15.2. The molecular weight excluding hydrogens is 402 g/mol. The summed E-state index contributed by atoms with van der Waals surface area (Å²) in [6, 6.07) is 13.5. The normalized spacial score (nSPS) is 15.8. The van der Waals surface area contributed by atoms with Gasteiger partial charge < -0.3 is 10.2 Å². The van der Waals surface area contributed by atoms with Gasteiger partial charge in [-0.15, -0.1) is 0 Å². The molecule has 0 amide bonds. The molecular formula is C23H19N9. The van der Waals surface area contributed by atoms with Crippen molar-refractivity contribution in [2.75, 3.05) is 23.3 Å². The first-order valence-electron chi connectivity index (χ1n) is 10.3. The van der Waals surface area contributed by atoms with Gasteiger partial charge in [0.2, 0.25) is 0 Å². The summed E-state index contributed by atoms with van der Waals surface area (Å²) in [7, 11) is 0. The van der Waals surface area contributed by atoms with Crippen LogP contribution >= 0.6 is 0 Å². The van der Waals surface area contributed by atoms with Crippen LogP contribution in [-0.2, 0) is 0 Å². The molecule has 1 aliphatic rings. The van der Waals surface area contributed by atoms with E-state index in [0.29, 0.717) is 17.0 Å². The lowest BCUT2D eigenvalue weighted by molar-refractivity contribution is 0.525. The first kappa shape index (κ1) is 19.5. The standard InChI is InChI=1S/C23H19N9/c24-11-16-6-9-32-20(10-16)19(14-28-32)23-26-7-5-21(30-23)29-18-2-1-8-31(15-18)22-4-3-17(12-25)13-27-22/h3-7,9-10,13-14,18H,1-2,8,15H2,(H,26,29,30)/t18-/m1/s1. The van der Waals surface area contributed by atoms with Crippen molar-refractivity contribution >= 4 is 17.2 Å². The molecule has 156 valence electrons. The number of hydrogen-bond acceptors (Lipinski definition) is 8. The lowest BCUT2D eigenvalue weighted by Gasteiger charge is -2.34. The number of anilines is 2. The molecule has 4 aromatic heterocycles. The van der Waals surface area contributed by atoms with Crippen LogP contribution in [0.25, 0.3) is 16.9 Å². The molecule has 9 heteroatoms. The van der Waals surface area contributed by atoms with Gasteiger partial charge in [0, 0.05) is 37.7 Å². The molecule has 32 heavy (non-hydrogen) atoms. The fourth-order valence-corrected chi connectivity index (χ4v) is 3.94. The summed E-state index contributed by atoms with van der Waals surface area (Å²) >= 11 is 0. The van der Waals surface area contributed by atoms with Crippen molar-refractivity contribution in [3.8, 4) is 23.5 Å². The van der Waals surface area contributed by atoms with Crippen LogP contribution in [0.2, 0.25) is 0 Å². The number of aromatic nitrogens is 5. The van der Waals surface area contributed by atoms with Crippen LogP contribution in [0, 0.1) is 22.7 Å². The van der Waals surface area contributed by atoms with Crippen molar-refractivity contribution in [3.05, 3.63) is 66.2 Å². The molecule has 1 fully saturated rings. The maximum Gasteiger partial charge on any atom is 0.165 e. The van der Waals surface area contributed by atoms with Crippen molar-refractivity contribution in [1.29, 1.82) is 10.5 Å². The maximum absolute atomic E-state index is 9.21. The van der Waals surface area contributed by atoms with E-state index in [1.165, 1.54) is 0 Å². The SMILES string of the molecule is N#Cc1ccc(N2CCC[C@@H](Nc3ccnc(-c4cnn5ccc(C#N)cc45)n3)C2)nc1. The number of nitrogens with zero attached hydrogens (tertiary/aromatic N) is 8. The van der Waals surface area contributed by atoms with Crippen molar-refractivity contribution in [2.45, 2.75) is 18.9 Å². The first-order valence-corrected chi connectivity index (χ1v) is 10.3. The minimum atomic E-state index is 0.207. The number of nitriles is 2. The molecule has 9 nitrogen and oxygen atoms in total. The van der Waals surface area contributed by atoms with Gasteiger partial charge in [-0.3, -0.25) is 0 Å². The van der Waals surface area contributed by atoms with Gasteiger partial charge in [-0.1, -0.05) is 0 Å². The van der Waals surface area contributed by atoms with Gasteiger partial charge in [-0.25, -0.2) is 19.5 Å². The van der Waals surface area contributed by atoms with Gasteiger partial charge in [0.1, 0.15) is 17.7 Å². The molecule has 0 bridgehead atoms. The van der Waals surface area contributed by atoms with E-state index in [4.69, 9.17) is 10.2 Å². The predicted octanol–water partition coefficient (Wildman–Crippen LogP) is 3.01. The van der Waals surface area contributed by atoms with Crippen LogP contribution in [0.1, 0.15) is 24.0 Å². The largest absolute Gasteiger partial charge is 0.365 e. The van der Waals surface area contributed by atoms with Gasteiger partial charge in [-0.2, -0.15) is 15.6 Å². The molecule has 0 aliphatic carbocycles. The molecule has 5 rings (SSSR count). The van der Waals surface area contributed by atoms with Crippen LogP contribution < -0.4 is 10.2 Å². The third-order valence-electron chi connectivity index (χ3n) is 5.52. The highest BCUT2D eigenvalue weighted by Gasteiger charge is 2.21. The minimum absolute atomic E-state index is 0.207. The number of hydrogen-bond donors (Lipinski definition) is 1. The number of pyridine rings is 2. The predicted molar refractivity (Wildman–Crippen MR) is 119 cm³/mol. The number of piperidine rings is 1. The third-order valence-corrected chi connectivity index (χ3v) is 5.52. The average molecular weight is 421 g/mol. The van der Waals surface area contributed by atoms with Crippen LogP contribution in [0.5, 0.6) is 0 Å². The van der Waals surface area contributed by atoms with Crippen LogP contribution in [0.4, 0.5) is 11.6 Å². The number of fused-ring (bicyclic) bond motifs is 1. The summed E-state index contributed by atoms with van der Waals surface area (Å²) in [4.78, 5) is 15.8. The van der Waals surface area contributed by atoms with Crippen molar-refractivity contribution in [2.24, 2.45) is 0 Å². The van der Waals surface area contributed by atoms with E-state index in [2.05, 4.69) is 37.4 Å². The second kappa shape index (κ2) is 8.32. The second-order valence-corrected chi connectivity index (χ2v) is 7.63. The van der Waals surface area contributed by atoms with E-state index in [9.17, 15) is 5.26 Å². The third kappa shape index (κ3) is 3.80. The summed E-state index contributed by atoms with van der Waals surface area (Å²) in [5.74, 6) is 2.17. The highest BCUT2D eigenvalue weighted by molar-refractivity contribution is 5.77. The lowest BCUT2D eigenvalue weighted by atomic mass is 10.1. The van der Waals surface area contributed by atoms with Crippen molar-refractivity contribution in [3.63, 3.8) is 0 Å². The summed E-state index contributed by atoms with van der Waals surface area (Å²) in [6.07, 6.45) is 8.86. The maximum atomic E-state index is 9.21. The zero-order valence-corrected chi connectivity index (χ0v) is 17.2. The van der Waals surface area contributed by atoms with Gasteiger partial charge >= 0.3 is 0 Å². The van der Waals surface area contributed by atoms with E-state index in [1.54, 1.807) is 47.5 Å². The monoisotopic (exact) mass is 421 g/mol. The van der Waals surface area contributed by atoms with E-state index in [0.717, 1.165) is 48.6 Å². The Morgan fingerprint density at radius 1 is 1.03 bits per heavy atom. The highest BCUT2D eigenvalue weighted by Crippen LogP contribution is 2.24. The zero-order chi connectivity index (χ0) is 21.9. The van der Waals surface area contributed by atoms with Crippen LogP contribution in [0.3, 0.4) is 0 Å². The van der Waals surface area contributed by atoms with Crippen LogP contribution in [0.15, 0.2) is 55.1 Å². The van der Waals surface area contributed by atoms with E-state index >= 15 is 0 Å². The quantitative estimate of drug-likeness (QED) is 0.534. The summed E-state index contributed by atoms with van der Waals surface area (Å²) in [5, 5.41) is 26.1. The lowest BCUT2D eigenvalue weighted by Crippen LogP contribution is -2.42. The first-order chi connectivity index (χ1) is 15.7. The topological polar surface area (TPSA) is 119 Å². The molecule has 1 saturated heterocycles. The number of rotatable bonds is 4. The molecule has 0 spiro atoms. The van der Waals surface area contributed by atoms with E-state index in [1.807, 2.05) is 12.1 Å². The van der Waals surface area contributed by atoms with Crippen molar-refractivity contribution < 1.29 is 0 Å². The van der Waals surface area contributed by atoms with Crippen LogP contribution in [-0.4, -0.2) is 43.7 Å². The molecule has 1 atom stereocenters.